The van der Waals surface area contributed by atoms with E-state index in [1.807, 2.05) is 61.8 Å². The summed E-state index contributed by atoms with van der Waals surface area (Å²) in [6.07, 6.45) is 4.65. The molecule has 0 fully saturated rings. The zero-order valence-electron chi connectivity index (χ0n) is 26.5. The van der Waals surface area contributed by atoms with Crippen molar-refractivity contribution in [1.82, 2.24) is 4.90 Å². The minimum Gasteiger partial charge on any atom is -0.497 e. The maximum atomic E-state index is 13.9. The zero-order chi connectivity index (χ0) is 31.0. The van der Waals surface area contributed by atoms with E-state index in [2.05, 4.69) is 18.0 Å². The molecule has 0 saturated carbocycles. The van der Waals surface area contributed by atoms with Crippen LogP contribution in [0.4, 0.5) is 5.69 Å². The molecule has 0 aliphatic carbocycles. The molecule has 11 heteroatoms. The predicted octanol–water partition coefficient (Wildman–Crippen LogP) is 6.76. The number of halogens is 1. The van der Waals surface area contributed by atoms with Gasteiger partial charge in [-0.25, -0.2) is 0 Å². The van der Waals surface area contributed by atoms with Gasteiger partial charge in [0, 0.05) is 24.1 Å². The van der Waals surface area contributed by atoms with Crippen molar-refractivity contribution in [2.45, 2.75) is 28.2 Å². The number of anilines is 1. The molecule has 0 spiro atoms. The lowest BCUT2D eigenvalue weighted by molar-refractivity contribution is -0.118. The van der Waals surface area contributed by atoms with Gasteiger partial charge in [0.2, 0.25) is 5.75 Å². The molecule has 1 heterocycles. The van der Waals surface area contributed by atoms with Crippen LogP contribution in [0.5, 0.6) is 28.7 Å². The number of carbonyl (C=O) groups excluding carboxylic acids is 1. The number of thioether (sulfide) groups is 2. The number of carbonyl (C=O) groups is 1. The van der Waals surface area contributed by atoms with Crippen LogP contribution in [-0.4, -0.2) is 79.3 Å². The molecule has 0 radical (unpaired) electrons. The average Bonchev–Trinajstić information content (AvgIpc) is 3.04. The minimum absolute atomic E-state index is 0. The van der Waals surface area contributed by atoms with Crippen LogP contribution in [-0.2, 0) is 15.3 Å². The highest BCUT2D eigenvalue weighted by Crippen LogP contribution is 2.58. The summed E-state index contributed by atoms with van der Waals surface area (Å²) >= 11 is 3.08. The summed E-state index contributed by atoms with van der Waals surface area (Å²) in [6.45, 7) is 2.34. The normalized spacial score (nSPS) is 15.8. The quantitative estimate of drug-likeness (QED) is 0.164. The van der Waals surface area contributed by atoms with Gasteiger partial charge < -0.3 is 33.5 Å². The lowest BCUT2D eigenvalue weighted by atomic mass is 10.1. The second-order valence-electron chi connectivity index (χ2n) is 10.2. The Bertz CT molecular complexity index is 1410. The molecule has 4 rings (SSSR count). The lowest BCUT2D eigenvalue weighted by Gasteiger charge is -2.40. The van der Waals surface area contributed by atoms with Crippen molar-refractivity contribution >= 4 is 47.5 Å². The SMILES string of the molecule is COc1ccc(OCCCN(C)CCCc2ccc(OC)c(OC)c2OC)c(C2(SC)Sc3ccccc3N(C)C2=O)c1.Cl. The summed E-state index contributed by atoms with van der Waals surface area (Å²) in [5.74, 6) is 3.40. The monoisotopic (exact) mass is 662 g/mol. The first-order chi connectivity index (χ1) is 20.8. The largest absolute Gasteiger partial charge is 0.497 e. The van der Waals surface area contributed by atoms with E-state index < -0.39 is 4.08 Å². The van der Waals surface area contributed by atoms with E-state index in [-0.39, 0.29) is 18.3 Å². The van der Waals surface area contributed by atoms with Crippen LogP contribution in [0.1, 0.15) is 24.0 Å². The van der Waals surface area contributed by atoms with Gasteiger partial charge in [0.05, 0.1) is 40.7 Å². The number of nitrogens with zero attached hydrogens (tertiary/aromatic N) is 2. The number of aryl methyl sites for hydroxylation is 1. The number of rotatable bonds is 15. The Labute approximate surface area is 276 Å². The van der Waals surface area contributed by atoms with Gasteiger partial charge in [-0.3, -0.25) is 4.79 Å². The first-order valence-electron chi connectivity index (χ1n) is 14.2. The topological polar surface area (TPSA) is 69.7 Å². The van der Waals surface area contributed by atoms with Crippen LogP contribution in [0.25, 0.3) is 0 Å². The highest BCUT2D eigenvalue weighted by Gasteiger charge is 2.49. The summed E-state index contributed by atoms with van der Waals surface area (Å²) in [5.41, 5.74) is 2.82. The van der Waals surface area contributed by atoms with E-state index >= 15 is 0 Å². The molecule has 44 heavy (non-hydrogen) atoms. The van der Waals surface area contributed by atoms with Gasteiger partial charge >= 0.3 is 0 Å². The second-order valence-corrected chi connectivity index (χ2v) is 12.8. The Morgan fingerprint density at radius 2 is 1.59 bits per heavy atom. The van der Waals surface area contributed by atoms with E-state index in [1.165, 1.54) is 11.8 Å². The minimum atomic E-state index is -0.894. The Kier molecular flexibility index (Phi) is 13.3. The molecular weight excluding hydrogens is 620 g/mol. The van der Waals surface area contributed by atoms with Crippen molar-refractivity contribution in [2.75, 3.05) is 73.4 Å². The van der Waals surface area contributed by atoms with Crippen LogP contribution in [0.15, 0.2) is 59.5 Å². The van der Waals surface area contributed by atoms with Gasteiger partial charge in [-0.05, 0) is 81.1 Å². The van der Waals surface area contributed by atoms with E-state index in [4.69, 9.17) is 23.7 Å². The maximum Gasteiger partial charge on any atom is 0.258 e. The number of para-hydroxylation sites is 1. The molecule has 240 valence electrons. The average molecular weight is 663 g/mol. The number of benzene rings is 3. The van der Waals surface area contributed by atoms with E-state index in [0.717, 1.165) is 59.8 Å². The van der Waals surface area contributed by atoms with Gasteiger partial charge in [0.1, 0.15) is 11.5 Å². The molecule has 1 aliphatic heterocycles. The molecule has 1 aliphatic rings. The highest BCUT2D eigenvalue weighted by atomic mass is 35.5. The third-order valence-electron chi connectivity index (χ3n) is 7.61. The Morgan fingerprint density at radius 3 is 2.27 bits per heavy atom. The zero-order valence-corrected chi connectivity index (χ0v) is 29.0. The number of hydrogen-bond acceptors (Lipinski definition) is 9. The van der Waals surface area contributed by atoms with Crippen LogP contribution >= 0.6 is 35.9 Å². The van der Waals surface area contributed by atoms with Crippen LogP contribution in [0, 0.1) is 0 Å². The summed E-state index contributed by atoms with van der Waals surface area (Å²) < 4.78 is 27.6. The van der Waals surface area contributed by atoms with Gasteiger partial charge in [-0.1, -0.05) is 30.0 Å². The summed E-state index contributed by atoms with van der Waals surface area (Å²) in [7, 11) is 10.5. The van der Waals surface area contributed by atoms with Crippen LogP contribution < -0.4 is 28.6 Å². The van der Waals surface area contributed by atoms with Crippen molar-refractivity contribution in [1.29, 1.82) is 0 Å². The van der Waals surface area contributed by atoms with E-state index in [0.29, 0.717) is 29.6 Å². The molecule has 3 aromatic rings. The standard InChI is InChI=1S/C33H42N2O6S2.ClH/c1-34(19-10-12-23-15-17-28(38-4)31(40-6)30(23)39-5)20-11-21-41-27-18-16-24(37-3)22-25(27)33(42-7)32(36)35(2)26-13-8-9-14-29(26)43-33;/h8-9,13-18,22H,10-12,19-21H2,1-7H3;1H. The molecule has 3 aromatic carbocycles. The van der Waals surface area contributed by atoms with Gasteiger partial charge in [-0.2, -0.15) is 0 Å². The maximum absolute atomic E-state index is 13.9. The number of fused-ring (bicyclic) bond motifs is 1. The smallest absolute Gasteiger partial charge is 0.258 e. The number of hydrogen-bond donors (Lipinski definition) is 0. The fourth-order valence-corrected chi connectivity index (χ4v) is 7.86. The molecule has 1 amide bonds. The number of likely N-dealkylation sites (N-methyl/N-ethyl adjacent to an activating group) is 1. The van der Waals surface area contributed by atoms with Crippen molar-refractivity contribution in [3.63, 3.8) is 0 Å². The molecule has 1 atom stereocenters. The first-order valence-corrected chi connectivity index (χ1v) is 16.3. The number of ether oxygens (including phenoxy) is 5. The summed E-state index contributed by atoms with van der Waals surface area (Å²) in [4.78, 5) is 19.0. The number of methoxy groups -OCH3 is 4. The third-order valence-corrected chi connectivity index (χ3v) is 10.6. The number of amides is 1. The Morgan fingerprint density at radius 1 is 0.886 bits per heavy atom. The molecular formula is C33H43ClN2O6S2. The Balaban J connectivity index is 0.00000529. The van der Waals surface area contributed by atoms with Gasteiger partial charge in [0.25, 0.3) is 5.91 Å². The van der Waals surface area contributed by atoms with Crippen molar-refractivity contribution in [2.24, 2.45) is 0 Å². The first kappa shape index (κ1) is 35.6. The second kappa shape index (κ2) is 16.4. The molecule has 0 aromatic heterocycles. The highest BCUT2D eigenvalue weighted by molar-refractivity contribution is 8.18. The predicted molar refractivity (Wildman–Crippen MR) is 183 cm³/mol. The lowest BCUT2D eigenvalue weighted by Crippen LogP contribution is -2.44. The van der Waals surface area contributed by atoms with Crippen molar-refractivity contribution < 1.29 is 28.5 Å². The fraction of sp³-hybridized carbons (Fsp3) is 0.424. The van der Waals surface area contributed by atoms with Gasteiger partial charge in [0.15, 0.2) is 15.6 Å². The molecule has 0 bridgehead atoms. The molecule has 1 unspecified atom stereocenters. The van der Waals surface area contributed by atoms with E-state index in [1.54, 1.807) is 45.1 Å². The van der Waals surface area contributed by atoms with Crippen molar-refractivity contribution in [3.8, 4) is 28.7 Å². The van der Waals surface area contributed by atoms with Crippen molar-refractivity contribution in [3.05, 3.63) is 65.7 Å². The molecule has 0 N–H and O–H groups in total. The fourth-order valence-electron chi connectivity index (χ4n) is 5.31. The van der Waals surface area contributed by atoms with Gasteiger partial charge in [-0.15, -0.1) is 24.2 Å². The molecule has 8 nitrogen and oxygen atoms in total. The molecule has 0 saturated heterocycles. The summed E-state index contributed by atoms with van der Waals surface area (Å²) in [5, 5.41) is 0. The van der Waals surface area contributed by atoms with Crippen LogP contribution in [0.2, 0.25) is 0 Å². The van der Waals surface area contributed by atoms with E-state index in [9.17, 15) is 4.79 Å². The van der Waals surface area contributed by atoms with Crippen LogP contribution in [0.3, 0.4) is 0 Å². The third kappa shape index (κ3) is 7.47. The Hall–Kier alpha value is -2.92. The summed E-state index contributed by atoms with van der Waals surface area (Å²) in [6, 6.07) is 17.7.